The highest BCUT2D eigenvalue weighted by molar-refractivity contribution is 7.92. The number of nitrogens with one attached hydrogen (secondary N) is 1. The number of sulfonamides is 1. The summed E-state index contributed by atoms with van der Waals surface area (Å²) < 4.78 is 27.8. The van der Waals surface area contributed by atoms with Gasteiger partial charge in [-0.25, -0.2) is 8.42 Å². The molecule has 0 amide bonds. The molecule has 2 aliphatic rings. The first-order chi connectivity index (χ1) is 12.9. The summed E-state index contributed by atoms with van der Waals surface area (Å²) in [6, 6.07) is 12.8. The quantitative estimate of drug-likeness (QED) is 0.783. The molecule has 1 heterocycles. The minimum absolute atomic E-state index is 0.0248. The zero-order chi connectivity index (χ0) is 19.0. The van der Waals surface area contributed by atoms with E-state index >= 15 is 0 Å². The lowest BCUT2D eigenvalue weighted by Gasteiger charge is -2.36. The Balaban J connectivity index is 1.44. The molecular weight excluding hydrogens is 405 g/mol. The minimum atomic E-state index is -3.80. The van der Waals surface area contributed by atoms with Crippen LogP contribution in [0.1, 0.15) is 12.8 Å². The van der Waals surface area contributed by atoms with E-state index in [-0.39, 0.29) is 14.9 Å². The van der Waals surface area contributed by atoms with Crippen molar-refractivity contribution in [2.45, 2.75) is 23.8 Å². The van der Waals surface area contributed by atoms with Crippen molar-refractivity contribution in [2.75, 3.05) is 35.8 Å². The van der Waals surface area contributed by atoms with Crippen molar-refractivity contribution >= 4 is 44.6 Å². The molecule has 0 unspecified atom stereocenters. The molecule has 1 saturated heterocycles. The summed E-state index contributed by atoms with van der Waals surface area (Å²) in [6.45, 7) is 4.18. The van der Waals surface area contributed by atoms with Gasteiger partial charge in [-0.2, -0.15) is 0 Å². The number of benzene rings is 2. The molecule has 1 N–H and O–H groups in total. The molecular formula is C19H21Cl2N3O2S. The second-order valence-corrected chi connectivity index (χ2v) is 9.39. The van der Waals surface area contributed by atoms with Crippen LogP contribution in [-0.4, -0.2) is 45.5 Å². The monoisotopic (exact) mass is 425 g/mol. The molecule has 4 rings (SSSR count). The first-order valence-corrected chi connectivity index (χ1v) is 11.2. The summed E-state index contributed by atoms with van der Waals surface area (Å²) in [5, 5.41) is 0.233. The minimum Gasteiger partial charge on any atom is -0.369 e. The Morgan fingerprint density at radius 2 is 1.59 bits per heavy atom. The van der Waals surface area contributed by atoms with Gasteiger partial charge in [0, 0.05) is 43.6 Å². The van der Waals surface area contributed by atoms with E-state index in [1.807, 2.05) is 12.1 Å². The average Bonchev–Trinajstić information content (AvgIpc) is 3.50. The van der Waals surface area contributed by atoms with Gasteiger partial charge in [0.1, 0.15) is 4.90 Å². The van der Waals surface area contributed by atoms with Gasteiger partial charge in [0.15, 0.2) is 0 Å². The summed E-state index contributed by atoms with van der Waals surface area (Å²) >= 11 is 12.0. The van der Waals surface area contributed by atoms with Crippen molar-refractivity contribution in [1.29, 1.82) is 0 Å². The highest BCUT2D eigenvalue weighted by Gasteiger charge is 2.31. The predicted octanol–water partition coefficient (Wildman–Crippen LogP) is 4.08. The fraction of sp³-hybridized carbons (Fsp3) is 0.368. The number of nitrogens with zero attached hydrogens (tertiary/aromatic N) is 2. The van der Waals surface area contributed by atoms with Gasteiger partial charge in [0.2, 0.25) is 0 Å². The second-order valence-electron chi connectivity index (χ2n) is 6.96. The van der Waals surface area contributed by atoms with Crippen molar-refractivity contribution in [3.05, 3.63) is 52.5 Å². The number of piperazine rings is 1. The van der Waals surface area contributed by atoms with Gasteiger partial charge >= 0.3 is 0 Å². The molecule has 1 aliphatic carbocycles. The third-order valence-corrected chi connectivity index (χ3v) is 7.42. The highest BCUT2D eigenvalue weighted by Crippen LogP contribution is 2.31. The predicted molar refractivity (Wildman–Crippen MR) is 111 cm³/mol. The molecule has 2 aromatic rings. The van der Waals surface area contributed by atoms with E-state index in [0.717, 1.165) is 37.9 Å². The molecule has 0 radical (unpaired) electrons. The maximum absolute atomic E-state index is 12.6. The van der Waals surface area contributed by atoms with Crippen LogP contribution in [0.5, 0.6) is 0 Å². The molecule has 0 atom stereocenters. The molecule has 27 heavy (non-hydrogen) atoms. The van der Waals surface area contributed by atoms with E-state index in [1.165, 1.54) is 18.9 Å². The van der Waals surface area contributed by atoms with Crippen LogP contribution in [0.3, 0.4) is 0 Å². The summed E-state index contributed by atoms with van der Waals surface area (Å²) in [5.74, 6) is 0. The van der Waals surface area contributed by atoms with Crippen molar-refractivity contribution in [3.63, 3.8) is 0 Å². The largest absolute Gasteiger partial charge is 0.369 e. The summed E-state index contributed by atoms with van der Waals surface area (Å²) in [5.41, 5.74) is 1.60. The molecule has 0 aromatic heterocycles. The lowest BCUT2D eigenvalue weighted by atomic mass is 10.2. The van der Waals surface area contributed by atoms with E-state index in [9.17, 15) is 8.42 Å². The number of hydrogen-bond donors (Lipinski definition) is 1. The Kier molecular flexibility index (Phi) is 5.25. The molecule has 8 heteroatoms. The molecule has 0 spiro atoms. The van der Waals surface area contributed by atoms with Crippen LogP contribution >= 0.6 is 23.2 Å². The molecule has 2 fully saturated rings. The molecule has 144 valence electrons. The zero-order valence-corrected chi connectivity index (χ0v) is 17.1. The maximum atomic E-state index is 12.6. The van der Waals surface area contributed by atoms with Crippen molar-refractivity contribution < 1.29 is 8.42 Å². The van der Waals surface area contributed by atoms with Gasteiger partial charge in [0.25, 0.3) is 10.0 Å². The third-order valence-electron chi connectivity index (χ3n) is 5.07. The number of hydrogen-bond acceptors (Lipinski definition) is 4. The van der Waals surface area contributed by atoms with Crippen molar-refractivity contribution in [3.8, 4) is 0 Å². The SMILES string of the molecule is O=S(=O)(Nc1ccc(N2CCN(C3CC3)CC2)cc1)c1cccc(Cl)c1Cl. The second kappa shape index (κ2) is 7.51. The average molecular weight is 426 g/mol. The van der Waals surface area contributed by atoms with Crippen LogP contribution in [0, 0.1) is 0 Å². The van der Waals surface area contributed by atoms with Gasteiger partial charge in [-0.05, 0) is 49.2 Å². The van der Waals surface area contributed by atoms with E-state index in [4.69, 9.17) is 23.2 Å². The lowest BCUT2D eigenvalue weighted by Crippen LogP contribution is -2.47. The summed E-state index contributed by atoms with van der Waals surface area (Å²) in [7, 11) is -3.80. The van der Waals surface area contributed by atoms with Gasteiger partial charge in [-0.15, -0.1) is 0 Å². The van der Waals surface area contributed by atoms with Crippen LogP contribution in [0.15, 0.2) is 47.4 Å². The van der Waals surface area contributed by atoms with Crippen LogP contribution in [0.4, 0.5) is 11.4 Å². The molecule has 1 saturated carbocycles. The van der Waals surface area contributed by atoms with Gasteiger partial charge < -0.3 is 4.90 Å². The Bertz CT molecular complexity index is 922. The van der Waals surface area contributed by atoms with Crippen molar-refractivity contribution in [2.24, 2.45) is 0 Å². The van der Waals surface area contributed by atoms with E-state index in [0.29, 0.717) is 5.69 Å². The topological polar surface area (TPSA) is 52.7 Å². The van der Waals surface area contributed by atoms with Gasteiger partial charge in [-0.3, -0.25) is 9.62 Å². The van der Waals surface area contributed by atoms with E-state index < -0.39 is 10.0 Å². The number of rotatable bonds is 5. The first-order valence-electron chi connectivity index (χ1n) is 9.00. The normalized spacial score (nSPS) is 18.5. The van der Waals surface area contributed by atoms with Crippen LogP contribution < -0.4 is 9.62 Å². The summed E-state index contributed by atoms with van der Waals surface area (Å²) in [4.78, 5) is 4.87. The Morgan fingerprint density at radius 1 is 0.926 bits per heavy atom. The molecule has 0 bridgehead atoms. The number of anilines is 2. The highest BCUT2D eigenvalue weighted by atomic mass is 35.5. The maximum Gasteiger partial charge on any atom is 0.263 e. The fourth-order valence-corrected chi connectivity index (χ4v) is 5.25. The fourth-order valence-electron chi connectivity index (χ4n) is 3.43. The standard InChI is InChI=1S/C19H21Cl2N3O2S/c20-17-2-1-3-18(19(17)21)27(25,26)22-14-4-6-15(7-5-14)23-10-12-24(13-11-23)16-8-9-16/h1-7,16,22H,8-13H2. The molecule has 2 aromatic carbocycles. The lowest BCUT2D eigenvalue weighted by molar-refractivity contribution is 0.248. The molecule has 1 aliphatic heterocycles. The van der Waals surface area contributed by atoms with Crippen LogP contribution in [-0.2, 0) is 10.0 Å². The third kappa shape index (κ3) is 4.19. The first kappa shape index (κ1) is 18.9. The Labute approximate surface area is 169 Å². The van der Waals surface area contributed by atoms with Gasteiger partial charge in [0.05, 0.1) is 10.0 Å². The zero-order valence-electron chi connectivity index (χ0n) is 14.7. The summed E-state index contributed by atoms with van der Waals surface area (Å²) in [6.07, 6.45) is 2.68. The Morgan fingerprint density at radius 3 is 2.22 bits per heavy atom. The smallest absolute Gasteiger partial charge is 0.263 e. The molecule has 5 nitrogen and oxygen atoms in total. The van der Waals surface area contributed by atoms with E-state index in [2.05, 4.69) is 14.5 Å². The Hall–Kier alpha value is -1.47. The van der Waals surface area contributed by atoms with E-state index in [1.54, 1.807) is 24.3 Å². The number of halogens is 2. The van der Waals surface area contributed by atoms with Gasteiger partial charge in [-0.1, -0.05) is 29.3 Å². The van der Waals surface area contributed by atoms with Crippen LogP contribution in [0.25, 0.3) is 0 Å². The van der Waals surface area contributed by atoms with Crippen molar-refractivity contribution in [1.82, 2.24) is 4.90 Å². The van der Waals surface area contributed by atoms with Crippen LogP contribution in [0.2, 0.25) is 10.0 Å².